The molecule has 1 atom stereocenters. The van der Waals surface area contributed by atoms with Crippen molar-refractivity contribution in [1.82, 2.24) is 4.98 Å². The molecule has 1 N–H and O–H groups in total. The predicted molar refractivity (Wildman–Crippen MR) is 119 cm³/mol. The van der Waals surface area contributed by atoms with Gasteiger partial charge in [0.15, 0.2) is 0 Å². The van der Waals surface area contributed by atoms with Crippen molar-refractivity contribution in [2.45, 2.75) is 58.7 Å². The van der Waals surface area contributed by atoms with Gasteiger partial charge in [0.2, 0.25) is 0 Å². The van der Waals surface area contributed by atoms with E-state index in [0.717, 1.165) is 41.0 Å². The van der Waals surface area contributed by atoms with Gasteiger partial charge in [-0.2, -0.15) is 0 Å². The number of aliphatic hydroxyl groups excluding tert-OH is 1. The average Bonchev–Trinajstić information content (AvgIpc) is 2.73. The quantitative estimate of drug-likeness (QED) is 0.504. The van der Waals surface area contributed by atoms with Gasteiger partial charge in [0.1, 0.15) is 11.9 Å². The maximum absolute atomic E-state index is 9.24. The lowest BCUT2D eigenvalue weighted by atomic mass is 9.86. The summed E-state index contributed by atoms with van der Waals surface area (Å²) in [6.07, 6.45) is 3.73. The summed E-state index contributed by atoms with van der Waals surface area (Å²) in [6.45, 7) is 8.87. The SMILES string of the molecule is CCCC(Oc1ccc(-c2ccc(C(C)(C)C)cc2)nc1)c1ccc(CO)cc1. The number of nitrogens with zero attached hydrogens (tertiary/aromatic N) is 1. The fourth-order valence-corrected chi connectivity index (χ4v) is 3.32. The van der Waals surface area contributed by atoms with E-state index in [9.17, 15) is 5.11 Å². The molecular formula is C26H31NO2. The van der Waals surface area contributed by atoms with Gasteiger partial charge in [-0.15, -0.1) is 0 Å². The molecular weight excluding hydrogens is 358 g/mol. The molecule has 3 heteroatoms. The molecule has 0 spiro atoms. The van der Waals surface area contributed by atoms with E-state index < -0.39 is 0 Å². The van der Waals surface area contributed by atoms with Crippen molar-refractivity contribution in [2.24, 2.45) is 0 Å². The van der Waals surface area contributed by atoms with E-state index in [-0.39, 0.29) is 18.1 Å². The molecule has 1 unspecified atom stereocenters. The van der Waals surface area contributed by atoms with Gasteiger partial charge in [-0.3, -0.25) is 4.98 Å². The van der Waals surface area contributed by atoms with Crippen molar-refractivity contribution >= 4 is 0 Å². The van der Waals surface area contributed by atoms with Crippen LogP contribution in [0.5, 0.6) is 5.75 Å². The molecule has 1 heterocycles. The Labute approximate surface area is 174 Å². The molecule has 0 saturated heterocycles. The molecule has 2 aromatic carbocycles. The Morgan fingerprint density at radius 1 is 0.931 bits per heavy atom. The Balaban J connectivity index is 1.74. The lowest BCUT2D eigenvalue weighted by Crippen LogP contribution is -2.10. The second-order valence-electron chi connectivity index (χ2n) is 8.50. The molecule has 1 aromatic heterocycles. The van der Waals surface area contributed by atoms with E-state index in [4.69, 9.17) is 4.74 Å². The van der Waals surface area contributed by atoms with Gasteiger partial charge < -0.3 is 9.84 Å². The highest BCUT2D eigenvalue weighted by molar-refractivity contribution is 5.60. The molecule has 0 aliphatic heterocycles. The van der Waals surface area contributed by atoms with Crippen LogP contribution in [0.1, 0.15) is 63.3 Å². The minimum atomic E-state index is -0.0218. The van der Waals surface area contributed by atoms with E-state index >= 15 is 0 Å². The highest BCUT2D eigenvalue weighted by Gasteiger charge is 2.15. The van der Waals surface area contributed by atoms with Crippen LogP contribution >= 0.6 is 0 Å². The monoisotopic (exact) mass is 389 g/mol. The zero-order valence-electron chi connectivity index (χ0n) is 17.9. The molecule has 0 bridgehead atoms. The number of rotatable bonds is 7. The topological polar surface area (TPSA) is 42.4 Å². The zero-order valence-corrected chi connectivity index (χ0v) is 17.9. The minimum Gasteiger partial charge on any atom is -0.484 e. The predicted octanol–water partition coefficient (Wildman–Crippen LogP) is 6.46. The first-order valence-corrected chi connectivity index (χ1v) is 10.3. The fraction of sp³-hybridized carbons (Fsp3) is 0.346. The van der Waals surface area contributed by atoms with Gasteiger partial charge in [0.05, 0.1) is 18.5 Å². The Hall–Kier alpha value is -2.65. The summed E-state index contributed by atoms with van der Waals surface area (Å²) in [5, 5.41) is 9.24. The van der Waals surface area contributed by atoms with Gasteiger partial charge in [-0.25, -0.2) is 0 Å². The number of aromatic nitrogens is 1. The maximum Gasteiger partial charge on any atom is 0.138 e. The van der Waals surface area contributed by atoms with Crippen LogP contribution in [0, 0.1) is 0 Å². The summed E-state index contributed by atoms with van der Waals surface area (Å²) in [5.74, 6) is 0.768. The lowest BCUT2D eigenvalue weighted by Gasteiger charge is -2.20. The Kier molecular flexibility index (Phi) is 6.71. The second-order valence-corrected chi connectivity index (χ2v) is 8.50. The summed E-state index contributed by atoms with van der Waals surface area (Å²) in [5.41, 5.74) is 5.54. The molecule has 29 heavy (non-hydrogen) atoms. The van der Waals surface area contributed by atoms with Crippen molar-refractivity contribution in [3.8, 4) is 17.0 Å². The molecule has 0 saturated carbocycles. The number of hydrogen-bond acceptors (Lipinski definition) is 3. The van der Waals surface area contributed by atoms with Crippen LogP contribution in [0.15, 0.2) is 66.9 Å². The van der Waals surface area contributed by atoms with E-state index in [2.05, 4.69) is 56.9 Å². The molecule has 3 aromatic rings. The van der Waals surface area contributed by atoms with Crippen molar-refractivity contribution in [2.75, 3.05) is 0 Å². The summed E-state index contributed by atoms with van der Waals surface area (Å²) in [7, 11) is 0. The molecule has 0 aliphatic rings. The minimum absolute atomic E-state index is 0.0218. The Morgan fingerprint density at radius 3 is 2.14 bits per heavy atom. The van der Waals surface area contributed by atoms with Crippen LogP contribution in [0.25, 0.3) is 11.3 Å². The number of pyridine rings is 1. The van der Waals surface area contributed by atoms with Gasteiger partial charge in [-0.05, 0) is 40.7 Å². The van der Waals surface area contributed by atoms with Crippen LogP contribution in [-0.2, 0) is 12.0 Å². The lowest BCUT2D eigenvalue weighted by molar-refractivity contribution is 0.193. The molecule has 3 rings (SSSR count). The first-order chi connectivity index (χ1) is 13.9. The van der Waals surface area contributed by atoms with E-state index in [1.807, 2.05) is 36.4 Å². The summed E-state index contributed by atoms with van der Waals surface area (Å²) in [4.78, 5) is 4.62. The third-order valence-electron chi connectivity index (χ3n) is 5.15. The highest BCUT2D eigenvalue weighted by Crippen LogP contribution is 2.29. The number of ether oxygens (including phenoxy) is 1. The Bertz CT molecular complexity index is 891. The highest BCUT2D eigenvalue weighted by atomic mass is 16.5. The van der Waals surface area contributed by atoms with Crippen LogP contribution in [-0.4, -0.2) is 10.1 Å². The summed E-state index contributed by atoms with van der Waals surface area (Å²) >= 11 is 0. The van der Waals surface area contributed by atoms with Gasteiger partial charge in [0, 0.05) is 5.56 Å². The standard InChI is InChI=1S/C26H31NO2/c1-5-6-25(21-9-7-19(18-28)8-10-21)29-23-15-16-24(27-17-23)20-11-13-22(14-12-20)26(2,3)4/h7-17,25,28H,5-6,18H2,1-4H3. The van der Waals surface area contributed by atoms with Gasteiger partial charge >= 0.3 is 0 Å². The first-order valence-electron chi connectivity index (χ1n) is 10.3. The normalized spacial score (nSPS) is 12.6. The number of aliphatic hydroxyl groups is 1. The third kappa shape index (κ3) is 5.45. The molecule has 0 aliphatic carbocycles. The summed E-state index contributed by atoms with van der Waals surface area (Å²) < 4.78 is 6.24. The third-order valence-corrected chi connectivity index (χ3v) is 5.15. The van der Waals surface area contributed by atoms with Crippen LogP contribution < -0.4 is 4.74 Å². The second kappa shape index (κ2) is 9.23. The largest absolute Gasteiger partial charge is 0.484 e. The number of benzene rings is 2. The van der Waals surface area contributed by atoms with Crippen molar-refractivity contribution in [3.05, 3.63) is 83.6 Å². The number of hydrogen-bond donors (Lipinski definition) is 1. The smallest absolute Gasteiger partial charge is 0.138 e. The van der Waals surface area contributed by atoms with Crippen molar-refractivity contribution < 1.29 is 9.84 Å². The maximum atomic E-state index is 9.24. The molecule has 3 nitrogen and oxygen atoms in total. The zero-order chi connectivity index (χ0) is 20.9. The van der Waals surface area contributed by atoms with Crippen LogP contribution in [0.4, 0.5) is 0 Å². The van der Waals surface area contributed by atoms with E-state index in [0.29, 0.717) is 0 Å². The average molecular weight is 390 g/mol. The molecule has 0 radical (unpaired) electrons. The fourth-order valence-electron chi connectivity index (χ4n) is 3.32. The molecule has 152 valence electrons. The van der Waals surface area contributed by atoms with Crippen LogP contribution in [0.3, 0.4) is 0 Å². The van der Waals surface area contributed by atoms with E-state index in [1.54, 1.807) is 6.20 Å². The first kappa shape index (κ1) is 21.1. The molecule has 0 fully saturated rings. The molecule has 0 amide bonds. The Morgan fingerprint density at radius 2 is 1.62 bits per heavy atom. The van der Waals surface area contributed by atoms with E-state index in [1.165, 1.54) is 5.56 Å². The van der Waals surface area contributed by atoms with Crippen molar-refractivity contribution in [3.63, 3.8) is 0 Å². The van der Waals surface area contributed by atoms with Crippen molar-refractivity contribution in [1.29, 1.82) is 0 Å². The van der Waals surface area contributed by atoms with Crippen LogP contribution in [0.2, 0.25) is 0 Å². The van der Waals surface area contributed by atoms with Gasteiger partial charge in [0.25, 0.3) is 0 Å². The van der Waals surface area contributed by atoms with Gasteiger partial charge in [-0.1, -0.05) is 82.6 Å². The summed E-state index contributed by atoms with van der Waals surface area (Å²) in [6, 6.07) is 20.6.